The fourth-order valence-electron chi connectivity index (χ4n) is 4.08. The topological polar surface area (TPSA) is 86.6 Å². The molecule has 0 spiro atoms. The number of rotatable bonds is 5. The summed E-state index contributed by atoms with van der Waals surface area (Å²) >= 11 is 5.97. The number of halogens is 1. The molecule has 152 valence electrons. The third-order valence-corrected chi connectivity index (χ3v) is 5.75. The molecule has 9 heteroatoms. The number of pyridine rings is 1. The third-order valence-electron chi connectivity index (χ3n) is 5.52. The van der Waals surface area contributed by atoms with Gasteiger partial charge in [0.15, 0.2) is 5.82 Å². The van der Waals surface area contributed by atoms with Crippen molar-refractivity contribution in [3.05, 3.63) is 35.2 Å². The van der Waals surface area contributed by atoms with Crippen molar-refractivity contribution in [2.24, 2.45) is 5.10 Å². The van der Waals surface area contributed by atoms with Crippen LogP contribution in [0.3, 0.4) is 0 Å². The Bertz CT molecular complexity index is 929. The number of aromatic nitrogens is 3. The van der Waals surface area contributed by atoms with E-state index in [0.717, 1.165) is 30.8 Å². The normalized spacial score (nSPS) is 19.8. The van der Waals surface area contributed by atoms with Crippen molar-refractivity contribution >= 4 is 41.2 Å². The Hall–Kier alpha value is -2.74. The second-order valence-corrected chi connectivity index (χ2v) is 7.77. The predicted molar refractivity (Wildman–Crippen MR) is 115 cm³/mol. The first-order valence-corrected chi connectivity index (χ1v) is 10.3. The van der Waals surface area contributed by atoms with Gasteiger partial charge in [-0.3, -0.25) is 9.78 Å². The predicted octanol–water partition coefficient (Wildman–Crippen LogP) is 3.48. The lowest BCUT2D eigenvalue weighted by molar-refractivity contribution is -0.120. The van der Waals surface area contributed by atoms with Gasteiger partial charge >= 0.3 is 0 Å². The lowest BCUT2D eigenvalue weighted by Gasteiger charge is -2.43. The van der Waals surface area contributed by atoms with E-state index in [9.17, 15) is 4.79 Å². The minimum absolute atomic E-state index is 0.0984. The number of hydrazone groups is 1. The molecule has 1 aliphatic heterocycles. The summed E-state index contributed by atoms with van der Waals surface area (Å²) in [7, 11) is 1.79. The average Bonchev–Trinajstić information content (AvgIpc) is 3.25. The molecular formula is C20H24ClN7O. The minimum Gasteiger partial charge on any atom is -0.340 e. The summed E-state index contributed by atoms with van der Waals surface area (Å²) in [6, 6.07) is 3.56. The van der Waals surface area contributed by atoms with E-state index in [-0.39, 0.29) is 11.9 Å². The lowest BCUT2D eigenvalue weighted by Crippen LogP contribution is -2.55. The second kappa shape index (κ2) is 8.32. The highest BCUT2D eigenvalue weighted by Crippen LogP contribution is 2.39. The first-order valence-electron chi connectivity index (χ1n) is 9.92. The molecule has 2 aromatic rings. The lowest BCUT2D eigenvalue weighted by atomic mass is 10.0. The van der Waals surface area contributed by atoms with Gasteiger partial charge in [0.05, 0.1) is 18.1 Å². The van der Waals surface area contributed by atoms with Gasteiger partial charge in [0.2, 0.25) is 11.9 Å². The Kier molecular flexibility index (Phi) is 5.62. The fraction of sp³-hybridized carbons (Fsp3) is 0.450. The van der Waals surface area contributed by atoms with Gasteiger partial charge in [0, 0.05) is 24.3 Å². The molecule has 1 fully saturated rings. The first kappa shape index (κ1) is 19.6. The summed E-state index contributed by atoms with van der Waals surface area (Å²) in [5.41, 5.74) is 4.23. The number of anilines is 3. The zero-order chi connectivity index (χ0) is 20.4. The summed E-state index contributed by atoms with van der Waals surface area (Å²) in [5.74, 6) is 1.27. The number of likely N-dealkylation sites (N-methyl/N-ethyl adjacent to an activating group) is 1. The van der Waals surface area contributed by atoms with Gasteiger partial charge in [-0.25, -0.2) is 10.4 Å². The van der Waals surface area contributed by atoms with Crippen molar-refractivity contribution in [3.63, 3.8) is 0 Å². The number of fused-ring (bicyclic) bond motifs is 1. The van der Waals surface area contributed by atoms with Crippen LogP contribution in [0.1, 0.15) is 44.7 Å². The quantitative estimate of drug-likeness (QED) is 0.596. The summed E-state index contributed by atoms with van der Waals surface area (Å²) in [5, 5.41) is 4.77. The molecule has 8 nitrogen and oxygen atoms in total. The summed E-state index contributed by atoms with van der Waals surface area (Å²) in [4.78, 5) is 30.0. The highest BCUT2D eigenvalue weighted by Gasteiger charge is 2.41. The highest BCUT2D eigenvalue weighted by molar-refractivity contribution is 6.30. The van der Waals surface area contributed by atoms with Gasteiger partial charge in [-0.15, -0.1) is 0 Å². The Labute approximate surface area is 175 Å². The Morgan fingerprint density at radius 1 is 1.34 bits per heavy atom. The number of hydrogen-bond acceptors (Lipinski definition) is 7. The van der Waals surface area contributed by atoms with Crippen molar-refractivity contribution in [2.45, 2.75) is 51.1 Å². The van der Waals surface area contributed by atoms with E-state index in [2.05, 4.69) is 25.4 Å². The van der Waals surface area contributed by atoms with E-state index in [4.69, 9.17) is 16.6 Å². The SMILES string of the molecule is CCC1C(=O)N(C)c2cnc(N/N=C/c3cc(Cl)ccn3)nc2N1C1CCCC1. The molecule has 1 unspecified atom stereocenters. The van der Waals surface area contributed by atoms with Gasteiger partial charge in [0.25, 0.3) is 0 Å². The van der Waals surface area contributed by atoms with Crippen LogP contribution in [0.25, 0.3) is 0 Å². The van der Waals surface area contributed by atoms with Crippen molar-refractivity contribution in [1.29, 1.82) is 0 Å². The molecule has 3 heterocycles. The molecule has 2 aromatic heterocycles. The van der Waals surface area contributed by atoms with E-state index < -0.39 is 0 Å². The Balaban J connectivity index is 1.62. The maximum Gasteiger partial charge on any atom is 0.249 e. The van der Waals surface area contributed by atoms with Crippen molar-refractivity contribution < 1.29 is 4.79 Å². The first-order chi connectivity index (χ1) is 14.1. The van der Waals surface area contributed by atoms with Crippen LogP contribution in [0, 0.1) is 0 Å². The van der Waals surface area contributed by atoms with Crippen LogP contribution in [0.4, 0.5) is 17.5 Å². The highest BCUT2D eigenvalue weighted by atomic mass is 35.5. The summed E-state index contributed by atoms with van der Waals surface area (Å²) in [6.07, 6.45) is 10.1. The average molecular weight is 414 g/mol. The molecule has 0 saturated heterocycles. The zero-order valence-corrected chi connectivity index (χ0v) is 17.3. The molecule has 0 radical (unpaired) electrons. The van der Waals surface area contributed by atoms with Crippen LogP contribution in [-0.2, 0) is 4.79 Å². The van der Waals surface area contributed by atoms with E-state index in [0.29, 0.717) is 22.7 Å². The number of nitrogens with zero attached hydrogens (tertiary/aromatic N) is 6. The van der Waals surface area contributed by atoms with E-state index >= 15 is 0 Å². The third kappa shape index (κ3) is 3.89. The summed E-state index contributed by atoms with van der Waals surface area (Å²) in [6.45, 7) is 2.05. The molecular weight excluding hydrogens is 390 g/mol. The maximum absolute atomic E-state index is 12.9. The van der Waals surface area contributed by atoms with E-state index in [1.807, 2.05) is 6.92 Å². The van der Waals surface area contributed by atoms with Crippen LogP contribution in [0.2, 0.25) is 5.02 Å². The van der Waals surface area contributed by atoms with Gasteiger partial charge in [-0.1, -0.05) is 31.4 Å². The van der Waals surface area contributed by atoms with Crippen molar-refractivity contribution in [1.82, 2.24) is 15.0 Å². The molecule has 0 aromatic carbocycles. The molecule has 0 bridgehead atoms. The van der Waals surface area contributed by atoms with E-state index in [1.54, 1.807) is 42.7 Å². The standard InChI is InChI=1S/C20H24ClN7O/c1-3-16-19(29)27(2)17-12-23-20(25-18(17)28(16)15-6-4-5-7-15)26-24-11-14-10-13(21)8-9-22-14/h8-12,15-16H,3-7H2,1-2H3,(H,23,25,26)/b24-11+. The molecule has 1 atom stereocenters. The molecule has 29 heavy (non-hydrogen) atoms. The van der Waals surface area contributed by atoms with Gasteiger partial charge in [-0.05, 0) is 31.4 Å². The number of nitrogens with one attached hydrogen (secondary N) is 1. The van der Waals surface area contributed by atoms with E-state index in [1.165, 1.54) is 12.8 Å². The molecule has 2 aliphatic rings. The van der Waals surface area contributed by atoms with Crippen LogP contribution in [-0.4, -0.2) is 46.2 Å². The molecule has 1 saturated carbocycles. The molecule has 4 rings (SSSR count). The van der Waals surface area contributed by atoms with Crippen molar-refractivity contribution in [2.75, 3.05) is 22.3 Å². The molecule has 1 N–H and O–H groups in total. The smallest absolute Gasteiger partial charge is 0.249 e. The van der Waals surface area contributed by atoms with Crippen LogP contribution in [0.15, 0.2) is 29.6 Å². The largest absolute Gasteiger partial charge is 0.340 e. The van der Waals surface area contributed by atoms with Gasteiger partial charge in [0.1, 0.15) is 11.7 Å². The monoisotopic (exact) mass is 413 g/mol. The van der Waals surface area contributed by atoms with Crippen LogP contribution < -0.4 is 15.2 Å². The second-order valence-electron chi connectivity index (χ2n) is 7.34. The number of carbonyl (C=O) groups is 1. The van der Waals surface area contributed by atoms with Crippen molar-refractivity contribution in [3.8, 4) is 0 Å². The van der Waals surface area contributed by atoms with Gasteiger partial charge in [-0.2, -0.15) is 10.1 Å². The number of carbonyl (C=O) groups excluding carboxylic acids is 1. The van der Waals surface area contributed by atoms with Crippen LogP contribution >= 0.6 is 11.6 Å². The fourth-order valence-corrected chi connectivity index (χ4v) is 4.25. The Morgan fingerprint density at radius 3 is 2.86 bits per heavy atom. The molecule has 1 aliphatic carbocycles. The Morgan fingerprint density at radius 2 is 2.14 bits per heavy atom. The minimum atomic E-state index is -0.197. The number of amides is 1. The van der Waals surface area contributed by atoms with Crippen LogP contribution in [0.5, 0.6) is 0 Å². The molecule has 1 amide bonds. The maximum atomic E-state index is 12.9. The number of hydrogen-bond donors (Lipinski definition) is 1. The van der Waals surface area contributed by atoms with Gasteiger partial charge < -0.3 is 9.80 Å². The zero-order valence-electron chi connectivity index (χ0n) is 16.5. The summed E-state index contributed by atoms with van der Waals surface area (Å²) < 4.78 is 0.